The number of unbranched alkanes of at least 4 members (excludes halogenated alkanes) is 1. The Hall–Kier alpha value is -0.0957. The molecule has 0 aromatic rings. The summed E-state index contributed by atoms with van der Waals surface area (Å²) >= 11 is 0. The van der Waals surface area contributed by atoms with Gasteiger partial charge in [-0.3, -0.25) is 4.74 Å². The van der Waals surface area contributed by atoms with Crippen LogP contribution < -0.4 is 0 Å². The van der Waals surface area contributed by atoms with Crippen LogP contribution in [0.5, 0.6) is 0 Å². The minimum absolute atomic E-state index is 0. The van der Waals surface area contributed by atoms with Gasteiger partial charge in [-0.2, -0.15) is 0 Å². The van der Waals surface area contributed by atoms with Gasteiger partial charge in [0.1, 0.15) is 0 Å². The topological polar surface area (TPSA) is 12.4 Å². The number of hydrogen-bond acceptors (Lipinski definition) is 1. The van der Waals surface area contributed by atoms with E-state index >= 15 is 0 Å². The summed E-state index contributed by atoms with van der Waals surface area (Å²) in [7, 11) is -1.69. The van der Waals surface area contributed by atoms with Crippen molar-refractivity contribution in [1.82, 2.24) is 0 Å². The molecule has 0 saturated heterocycles. The molecule has 1 aliphatic carbocycles. The molecule has 1 aliphatic rings. The number of rotatable bonds is 13. The molecular weight excluding hydrogens is 465 g/mol. The first-order valence-corrected chi connectivity index (χ1v) is 15.4. The fourth-order valence-corrected chi connectivity index (χ4v) is 14.2. The first-order chi connectivity index (χ1) is 15.4. The summed E-state index contributed by atoms with van der Waals surface area (Å²) in [5.74, 6) is 0. The van der Waals surface area contributed by atoms with Crippen LogP contribution in [0.1, 0.15) is 134 Å². The maximum atomic E-state index is 5.79. The summed E-state index contributed by atoms with van der Waals surface area (Å²) in [5, 5.41) is 0.799. The van der Waals surface area contributed by atoms with E-state index in [1.165, 1.54) is 57.1 Å². The largest absolute Gasteiger partial charge is 0.270 e. The van der Waals surface area contributed by atoms with Gasteiger partial charge in [-0.1, -0.05) is 131 Å². The standard InChI is InChI=1S/C23H44NP.C8H14.Ti/c1-10-17-21(4,5)25(22(6,7)18-11-2,23(8,9)19-12-3)24-20-15-13-14-16-20;1-3-5-7-8-6-4-2;/h13-15H,10-12,16-19H2,1-9H3;3,5,7-8H,4,6H2,1-2H3;. The second-order valence-electron chi connectivity index (χ2n) is 11.5. The molecule has 0 N–H and O–H groups in total. The van der Waals surface area contributed by atoms with Gasteiger partial charge in [0.15, 0.2) is 0 Å². The Morgan fingerprint density at radius 1 is 0.794 bits per heavy atom. The second kappa shape index (κ2) is 17.4. The van der Waals surface area contributed by atoms with E-state index in [0.717, 1.165) is 6.42 Å². The van der Waals surface area contributed by atoms with Gasteiger partial charge < -0.3 is 0 Å². The average molecular weight is 524 g/mol. The molecule has 0 atom stereocenters. The Kier molecular flexibility index (Phi) is 18.4. The Morgan fingerprint density at radius 2 is 1.26 bits per heavy atom. The molecule has 0 aliphatic heterocycles. The molecule has 0 spiro atoms. The molecule has 0 bridgehead atoms. The van der Waals surface area contributed by atoms with Gasteiger partial charge in [0.2, 0.25) is 0 Å². The van der Waals surface area contributed by atoms with Crippen LogP contribution in [-0.4, -0.2) is 15.5 Å². The molecule has 1 nitrogen and oxygen atoms in total. The molecular formula is C31H58NPTi. The Labute approximate surface area is 230 Å². The third-order valence-electron chi connectivity index (χ3n) is 7.14. The zero-order valence-corrected chi connectivity index (χ0v) is 27.3. The van der Waals surface area contributed by atoms with Crippen molar-refractivity contribution in [3.8, 4) is 0 Å². The molecule has 0 saturated carbocycles. The number of hydrogen-bond donors (Lipinski definition) is 0. The van der Waals surface area contributed by atoms with Gasteiger partial charge in [0.25, 0.3) is 0 Å². The van der Waals surface area contributed by atoms with Gasteiger partial charge in [0.05, 0.1) is 0 Å². The van der Waals surface area contributed by atoms with Gasteiger partial charge in [-0.05, 0) is 45.7 Å². The summed E-state index contributed by atoms with van der Waals surface area (Å²) in [6.45, 7) is 26.4. The van der Waals surface area contributed by atoms with Crippen molar-refractivity contribution in [2.24, 2.45) is 4.74 Å². The van der Waals surface area contributed by atoms with Crippen molar-refractivity contribution in [3.63, 3.8) is 0 Å². The quantitative estimate of drug-likeness (QED) is 0.129. The molecule has 34 heavy (non-hydrogen) atoms. The Morgan fingerprint density at radius 3 is 1.59 bits per heavy atom. The summed E-state index contributed by atoms with van der Waals surface area (Å²) in [6.07, 6.45) is 26.1. The van der Waals surface area contributed by atoms with Crippen LogP contribution in [0, 0.1) is 0 Å². The van der Waals surface area contributed by atoms with E-state index in [1.807, 2.05) is 13.0 Å². The van der Waals surface area contributed by atoms with Gasteiger partial charge in [-0.15, -0.1) is 0 Å². The van der Waals surface area contributed by atoms with Crippen LogP contribution in [0.4, 0.5) is 0 Å². The van der Waals surface area contributed by atoms with E-state index < -0.39 is 7.05 Å². The average Bonchev–Trinajstić information content (AvgIpc) is 3.22. The minimum Gasteiger partial charge on any atom is -0.270 e. The van der Waals surface area contributed by atoms with Gasteiger partial charge in [0, 0.05) is 49.3 Å². The van der Waals surface area contributed by atoms with Gasteiger partial charge >= 0.3 is 0 Å². The Balaban J connectivity index is 0. The monoisotopic (exact) mass is 523 g/mol. The maximum absolute atomic E-state index is 5.79. The third-order valence-corrected chi connectivity index (χ3v) is 13.6. The molecule has 0 fully saturated rings. The molecule has 1 rings (SSSR count). The number of allylic oxidation sites excluding steroid dienone is 7. The summed E-state index contributed by atoms with van der Waals surface area (Å²) in [6, 6.07) is 0. The van der Waals surface area contributed by atoms with Crippen molar-refractivity contribution >= 4 is 7.05 Å². The molecule has 0 unspecified atom stereocenters. The molecule has 196 valence electrons. The normalized spacial score (nSPS) is 14.7. The fraction of sp³-hybridized carbons (Fsp3) is 0.742. The summed E-state index contributed by atoms with van der Waals surface area (Å²) in [5.41, 5.74) is 1.32. The van der Waals surface area contributed by atoms with E-state index in [9.17, 15) is 0 Å². The van der Waals surface area contributed by atoms with E-state index in [-0.39, 0.29) is 37.2 Å². The van der Waals surface area contributed by atoms with Crippen molar-refractivity contribution in [1.29, 1.82) is 0 Å². The first kappa shape index (κ1) is 36.1. The molecule has 0 aromatic carbocycles. The van der Waals surface area contributed by atoms with Crippen LogP contribution in [-0.2, 0) is 21.7 Å². The summed E-state index contributed by atoms with van der Waals surface area (Å²) < 4.78 is 5.79. The summed E-state index contributed by atoms with van der Waals surface area (Å²) in [4.78, 5) is 0. The molecule has 0 heterocycles. The van der Waals surface area contributed by atoms with Crippen LogP contribution in [0.15, 0.2) is 53.0 Å². The zero-order chi connectivity index (χ0) is 25.6. The fourth-order valence-electron chi connectivity index (χ4n) is 6.34. The third kappa shape index (κ3) is 9.75. The van der Waals surface area contributed by atoms with Crippen molar-refractivity contribution in [2.75, 3.05) is 0 Å². The van der Waals surface area contributed by atoms with Crippen LogP contribution in [0.2, 0.25) is 0 Å². The maximum Gasteiger partial charge on any atom is 0.0425 e. The second-order valence-corrected chi connectivity index (χ2v) is 16.6. The van der Waals surface area contributed by atoms with Crippen molar-refractivity contribution < 1.29 is 21.7 Å². The van der Waals surface area contributed by atoms with E-state index in [4.69, 9.17) is 4.74 Å². The van der Waals surface area contributed by atoms with Crippen molar-refractivity contribution in [2.45, 2.75) is 149 Å². The predicted molar refractivity (Wildman–Crippen MR) is 157 cm³/mol. The van der Waals surface area contributed by atoms with E-state index in [0.29, 0.717) is 0 Å². The van der Waals surface area contributed by atoms with Crippen molar-refractivity contribution in [3.05, 3.63) is 48.2 Å². The molecule has 3 heteroatoms. The molecule has 0 amide bonds. The Bertz CT molecular complexity index is 667. The van der Waals surface area contributed by atoms with Crippen LogP contribution in [0.25, 0.3) is 0 Å². The minimum atomic E-state index is -1.69. The van der Waals surface area contributed by atoms with E-state index in [1.54, 1.807) is 0 Å². The predicted octanol–water partition coefficient (Wildman–Crippen LogP) is 11.7. The van der Waals surface area contributed by atoms with Crippen LogP contribution >= 0.6 is 7.05 Å². The van der Waals surface area contributed by atoms with Crippen LogP contribution in [0.3, 0.4) is 0 Å². The number of nitrogens with zero attached hydrogens (tertiary/aromatic N) is 1. The zero-order valence-electron chi connectivity index (χ0n) is 24.8. The van der Waals surface area contributed by atoms with E-state index in [2.05, 4.69) is 106 Å². The SMILES string of the molecule is CC=CC=CCCC.CCCC(C)(C)P(=NC1=CC=CC1)(C(C)(C)CCC)C(C)(C)CCC.[Ti]. The molecule has 0 aromatic heterocycles. The van der Waals surface area contributed by atoms with Gasteiger partial charge in [-0.25, -0.2) is 0 Å². The molecule has 0 radical (unpaired) electrons. The first-order valence-electron chi connectivity index (χ1n) is 13.7. The smallest absolute Gasteiger partial charge is 0.0425 e.